The molecule has 0 bridgehead atoms. The highest BCUT2D eigenvalue weighted by Crippen LogP contribution is 2.55. The molecule has 1 heterocycles. The van der Waals surface area contributed by atoms with Crippen LogP contribution in [0.5, 0.6) is 0 Å². The van der Waals surface area contributed by atoms with Gasteiger partial charge in [0.05, 0.1) is 11.0 Å². The topological polar surface area (TPSA) is 80.5 Å². The number of nitrogens with zero attached hydrogens (tertiary/aromatic N) is 2. The second-order valence-corrected chi connectivity index (χ2v) is 9.01. The van der Waals surface area contributed by atoms with Gasteiger partial charge in [0.1, 0.15) is 17.0 Å². The molecule has 1 saturated carbocycles. The van der Waals surface area contributed by atoms with Gasteiger partial charge in [0.25, 0.3) is 5.69 Å². The first-order valence-corrected chi connectivity index (χ1v) is 9.77. The standard InChI is InChI=1S/C23H24N2O4/c1-22(2)13-19(26)23(20(27)14-22)12-16-11-17(25(28)29)9-10-18(16)24(3)21(23)15-7-5-4-6-8-15/h4-11,21H,12-14H2,1-3H3/t21-/m1/s1. The van der Waals surface area contributed by atoms with E-state index in [9.17, 15) is 19.7 Å². The van der Waals surface area contributed by atoms with Crippen LogP contribution in [-0.2, 0) is 16.0 Å². The van der Waals surface area contributed by atoms with Crippen LogP contribution in [0.3, 0.4) is 0 Å². The van der Waals surface area contributed by atoms with E-state index in [1.807, 2.05) is 56.1 Å². The van der Waals surface area contributed by atoms with Crippen LogP contribution >= 0.6 is 0 Å². The van der Waals surface area contributed by atoms with Crippen LogP contribution in [-0.4, -0.2) is 23.5 Å². The number of hydrogen-bond donors (Lipinski definition) is 0. The lowest BCUT2D eigenvalue weighted by Gasteiger charge is -2.52. The van der Waals surface area contributed by atoms with E-state index in [4.69, 9.17) is 0 Å². The van der Waals surface area contributed by atoms with E-state index in [1.54, 1.807) is 6.07 Å². The summed E-state index contributed by atoms with van der Waals surface area (Å²) in [6.45, 7) is 3.89. The van der Waals surface area contributed by atoms with Crippen molar-refractivity contribution in [3.05, 3.63) is 69.8 Å². The smallest absolute Gasteiger partial charge is 0.269 e. The summed E-state index contributed by atoms with van der Waals surface area (Å²) >= 11 is 0. The molecule has 6 heteroatoms. The summed E-state index contributed by atoms with van der Waals surface area (Å²) in [6.07, 6.45) is 0.835. The molecule has 150 valence electrons. The summed E-state index contributed by atoms with van der Waals surface area (Å²) in [4.78, 5) is 40.0. The van der Waals surface area contributed by atoms with Gasteiger partial charge in [-0.2, -0.15) is 0 Å². The molecule has 1 fully saturated rings. The SMILES string of the molecule is CN1c2ccc([N+](=O)[O-])cc2CC2(C(=O)CC(C)(C)CC2=O)[C@H]1c1ccccc1. The summed E-state index contributed by atoms with van der Waals surface area (Å²) in [5.41, 5.74) is 0.772. The van der Waals surface area contributed by atoms with Crippen molar-refractivity contribution in [1.82, 2.24) is 0 Å². The summed E-state index contributed by atoms with van der Waals surface area (Å²) in [7, 11) is 1.86. The maximum absolute atomic E-state index is 13.6. The molecular weight excluding hydrogens is 368 g/mol. The number of benzene rings is 2. The number of ketones is 2. The number of rotatable bonds is 2. The number of anilines is 1. The Labute approximate surface area is 169 Å². The number of fused-ring (bicyclic) bond motifs is 1. The third-order valence-electron chi connectivity index (χ3n) is 6.37. The van der Waals surface area contributed by atoms with Gasteiger partial charge in [0, 0.05) is 37.7 Å². The normalized spacial score (nSPS) is 22.4. The molecule has 2 aliphatic rings. The van der Waals surface area contributed by atoms with E-state index in [2.05, 4.69) is 0 Å². The quantitative estimate of drug-likeness (QED) is 0.433. The third kappa shape index (κ3) is 2.94. The monoisotopic (exact) mass is 392 g/mol. The van der Waals surface area contributed by atoms with Crippen molar-refractivity contribution in [1.29, 1.82) is 0 Å². The van der Waals surface area contributed by atoms with Gasteiger partial charge in [-0.25, -0.2) is 0 Å². The summed E-state index contributed by atoms with van der Waals surface area (Å²) < 4.78 is 0. The van der Waals surface area contributed by atoms with Crippen LogP contribution in [0.25, 0.3) is 0 Å². The fourth-order valence-electron chi connectivity index (χ4n) is 5.09. The third-order valence-corrected chi connectivity index (χ3v) is 6.37. The minimum absolute atomic E-state index is 0.0264. The molecule has 1 aliphatic carbocycles. The summed E-state index contributed by atoms with van der Waals surface area (Å²) in [5, 5.41) is 11.3. The predicted octanol–water partition coefficient (Wildman–Crippen LogP) is 4.27. The van der Waals surface area contributed by atoms with Gasteiger partial charge in [-0.3, -0.25) is 19.7 Å². The highest BCUT2D eigenvalue weighted by Gasteiger charge is 2.59. The molecule has 0 radical (unpaired) electrons. The number of nitro benzene ring substituents is 1. The minimum Gasteiger partial charge on any atom is -0.366 e. The number of Topliss-reactive ketones (excluding diaryl/α,β-unsaturated/α-hetero) is 2. The van der Waals surface area contributed by atoms with Gasteiger partial charge >= 0.3 is 0 Å². The fraction of sp³-hybridized carbons (Fsp3) is 0.391. The number of carbonyl (C=O) groups excluding carboxylic acids is 2. The van der Waals surface area contributed by atoms with Gasteiger partial charge < -0.3 is 4.90 Å². The van der Waals surface area contributed by atoms with Crippen LogP contribution in [0.15, 0.2) is 48.5 Å². The molecule has 4 rings (SSSR count). The Morgan fingerprint density at radius 3 is 2.21 bits per heavy atom. The number of carbonyl (C=O) groups is 2. The number of nitro groups is 1. The molecule has 0 amide bonds. The fourth-order valence-corrected chi connectivity index (χ4v) is 5.09. The summed E-state index contributed by atoms with van der Waals surface area (Å²) in [6, 6.07) is 13.9. The molecule has 0 saturated heterocycles. The Kier molecular flexibility index (Phi) is 4.33. The van der Waals surface area contributed by atoms with E-state index in [-0.39, 0.29) is 29.1 Å². The Morgan fingerprint density at radius 1 is 1.00 bits per heavy atom. The van der Waals surface area contributed by atoms with Crippen molar-refractivity contribution >= 4 is 22.9 Å². The predicted molar refractivity (Wildman–Crippen MR) is 110 cm³/mol. The van der Waals surface area contributed by atoms with Crippen LogP contribution in [0.2, 0.25) is 0 Å². The Morgan fingerprint density at radius 2 is 1.62 bits per heavy atom. The second kappa shape index (κ2) is 6.51. The molecule has 6 nitrogen and oxygen atoms in total. The van der Waals surface area contributed by atoms with Gasteiger partial charge in [0.15, 0.2) is 0 Å². The lowest BCUT2D eigenvalue weighted by molar-refractivity contribution is -0.384. The average molecular weight is 392 g/mol. The van der Waals surface area contributed by atoms with Crippen LogP contribution in [0.4, 0.5) is 11.4 Å². The number of hydrogen-bond acceptors (Lipinski definition) is 5. The van der Waals surface area contributed by atoms with Crippen LogP contribution in [0, 0.1) is 20.9 Å². The van der Waals surface area contributed by atoms with Gasteiger partial charge in [-0.15, -0.1) is 0 Å². The molecule has 0 N–H and O–H groups in total. The van der Waals surface area contributed by atoms with E-state index >= 15 is 0 Å². The van der Waals surface area contributed by atoms with Crippen LogP contribution < -0.4 is 4.90 Å². The summed E-state index contributed by atoms with van der Waals surface area (Å²) in [5.74, 6) is -0.145. The molecule has 2 aromatic carbocycles. The van der Waals surface area contributed by atoms with Crippen molar-refractivity contribution in [3.8, 4) is 0 Å². The molecule has 0 unspecified atom stereocenters. The molecular formula is C23H24N2O4. The second-order valence-electron chi connectivity index (χ2n) is 9.01. The molecule has 1 atom stereocenters. The van der Waals surface area contributed by atoms with Crippen molar-refractivity contribution in [2.24, 2.45) is 10.8 Å². The zero-order valence-electron chi connectivity index (χ0n) is 16.8. The molecule has 1 spiro atoms. The lowest BCUT2D eigenvalue weighted by Crippen LogP contribution is -2.58. The Hall–Kier alpha value is -3.02. The van der Waals surface area contributed by atoms with Crippen LogP contribution in [0.1, 0.15) is 43.9 Å². The molecule has 1 aliphatic heterocycles. The molecule has 29 heavy (non-hydrogen) atoms. The first kappa shape index (κ1) is 19.3. The van der Waals surface area contributed by atoms with E-state index in [0.717, 1.165) is 11.3 Å². The van der Waals surface area contributed by atoms with E-state index in [0.29, 0.717) is 18.4 Å². The van der Waals surface area contributed by atoms with E-state index in [1.165, 1.54) is 12.1 Å². The lowest BCUT2D eigenvalue weighted by atomic mass is 9.56. The Balaban J connectivity index is 1.94. The van der Waals surface area contributed by atoms with Crippen molar-refractivity contribution in [2.75, 3.05) is 11.9 Å². The maximum Gasteiger partial charge on any atom is 0.269 e. The first-order valence-electron chi connectivity index (χ1n) is 9.77. The van der Waals surface area contributed by atoms with Crippen molar-refractivity contribution < 1.29 is 14.5 Å². The molecule has 2 aromatic rings. The zero-order valence-corrected chi connectivity index (χ0v) is 16.8. The van der Waals surface area contributed by atoms with Crippen molar-refractivity contribution in [3.63, 3.8) is 0 Å². The maximum atomic E-state index is 13.6. The van der Waals surface area contributed by atoms with Gasteiger partial charge in [0.2, 0.25) is 0 Å². The first-order chi connectivity index (χ1) is 13.7. The largest absolute Gasteiger partial charge is 0.366 e. The van der Waals surface area contributed by atoms with Gasteiger partial charge in [-0.1, -0.05) is 44.2 Å². The number of non-ortho nitro benzene ring substituents is 1. The average Bonchev–Trinajstić information content (AvgIpc) is 2.66. The zero-order chi connectivity index (χ0) is 21.0. The van der Waals surface area contributed by atoms with Gasteiger partial charge in [-0.05, 0) is 29.0 Å². The highest BCUT2D eigenvalue weighted by molar-refractivity contribution is 6.11. The van der Waals surface area contributed by atoms with E-state index < -0.39 is 16.4 Å². The minimum atomic E-state index is -1.23. The highest BCUT2D eigenvalue weighted by atomic mass is 16.6. The molecule has 0 aromatic heterocycles. The Bertz CT molecular complexity index is 993. The van der Waals surface area contributed by atoms with Crippen molar-refractivity contribution in [2.45, 2.75) is 39.2 Å².